The topological polar surface area (TPSA) is 65.3 Å². The minimum absolute atomic E-state index is 0.0802. The van der Waals surface area contributed by atoms with Gasteiger partial charge in [0.05, 0.1) is 15.3 Å². The van der Waals surface area contributed by atoms with Gasteiger partial charge >= 0.3 is 5.69 Å². The number of hydrogen-bond donors (Lipinski definition) is 0. The molecule has 0 atom stereocenters. The Labute approximate surface area is 99.6 Å². The maximum atomic E-state index is 13.0. The fourth-order valence-corrected chi connectivity index (χ4v) is 1.72. The molecule has 0 radical (unpaired) electrons. The molecule has 0 aliphatic rings. The summed E-state index contributed by atoms with van der Waals surface area (Å²) in [7, 11) is 0. The van der Waals surface area contributed by atoms with Crippen molar-refractivity contribution in [2.24, 2.45) is 0 Å². The van der Waals surface area contributed by atoms with E-state index in [1.165, 1.54) is 11.3 Å². The fourth-order valence-electron chi connectivity index (χ4n) is 1.22. The summed E-state index contributed by atoms with van der Waals surface area (Å²) in [4.78, 5) is 14.7. The van der Waals surface area contributed by atoms with E-state index in [9.17, 15) is 14.5 Å². The number of halogens is 1. The van der Waals surface area contributed by atoms with Crippen LogP contribution >= 0.6 is 11.3 Å². The lowest BCUT2D eigenvalue weighted by molar-refractivity contribution is -0.386. The SMILES string of the molecule is O=[N+]([O-])c1ccc(F)cc1OCc1cncs1. The van der Waals surface area contributed by atoms with Crippen molar-refractivity contribution in [3.05, 3.63) is 50.7 Å². The number of hydrogen-bond acceptors (Lipinski definition) is 5. The number of benzene rings is 1. The molecule has 0 saturated heterocycles. The predicted octanol–water partition coefficient (Wildman–Crippen LogP) is 2.77. The molecule has 2 aromatic rings. The number of nitrogens with zero attached hydrogens (tertiary/aromatic N) is 2. The van der Waals surface area contributed by atoms with Crippen molar-refractivity contribution in [1.29, 1.82) is 0 Å². The highest BCUT2D eigenvalue weighted by Crippen LogP contribution is 2.28. The van der Waals surface area contributed by atoms with E-state index >= 15 is 0 Å². The first-order valence-electron chi connectivity index (χ1n) is 4.61. The van der Waals surface area contributed by atoms with Gasteiger partial charge in [-0.3, -0.25) is 15.1 Å². The average Bonchev–Trinajstić information content (AvgIpc) is 2.78. The third-order valence-corrected chi connectivity index (χ3v) is 2.73. The molecule has 7 heteroatoms. The molecule has 0 N–H and O–H groups in total. The number of aromatic nitrogens is 1. The first kappa shape index (κ1) is 11.5. The Morgan fingerprint density at radius 3 is 3.00 bits per heavy atom. The number of nitro groups is 1. The zero-order chi connectivity index (χ0) is 12.3. The molecule has 0 spiro atoms. The lowest BCUT2D eigenvalue weighted by Gasteiger charge is -2.04. The van der Waals surface area contributed by atoms with E-state index in [4.69, 9.17) is 4.74 Å². The Balaban J connectivity index is 2.19. The van der Waals surface area contributed by atoms with E-state index < -0.39 is 10.7 Å². The monoisotopic (exact) mass is 254 g/mol. The molecule has 0 unspecified atom stereocenters. The van der Waals surface area contributed by atoms with Crippen LogP contribution in [0.2, 0.25) is 0 Å². The van der Waals surface area contributed by atoms with Gasteiger partial charge in [-0.1, -0.05) is 0 Å². The molecular formula is C10H7FN2O3S. The van der Waals surface area contributed by atoms with Gasteiger partial charge in [0, 0.05) is 18.3 Å². The van der Waals surface area contributed by atoms with E-state index in [1.807, 2.05) is 0 Å². The Bertz CT molecular complexity index is 530. The predicted molar refractivity (Wildman–Crippen MR) is 59.5 cm³/mol. The van der Waals surface area contributed by atoms with Crippen LogP contribution in [-0.4, -0.2) is 9.91 Å². The third-order valence-electron chi connectivity index (χ3n) is 1.97. The molecule has 0 aliphatic carbocycles. The molecule has 5 nitrogen and oxygen atoms in total. The quantitative estimate of drug-likeness (QED) is 0.621. The molecule has 2 rings (SSSR count). The number of nitro benzene ring substituents is 1. The van der Waals surface area contributed by atoms with Gasteiger partial charge in [0.25, 0.3) is 0 Å². The van der Waals surface area contributed by atoms with Crippen molar-refractivity contribution in [3.8, 4) is 5.75 Å². The zero-order valence-electron chi connectivity index (χ0n) is 8.50. The molecule has 17 heavy (non-hydrogen) atoms. The van der Waals surface area contributed by atoms with Crippen molar-refractivity contribution in [2.75, 3.05) is 0 Å². The maximum Gasteiger partial charge on any atom is 0.311 e. The van der Waals surface area contributed by atoms with Gasteiger partial charge in [-0.15, -0.1) is 11.3 Å². The van der Waals surface area contributed by atoms with Gasteiger partial charge in [-0.05, 0) is 6.07 Å². The zero-order valence-corrected chi connectivity index (χ0v) is 9.32. The van der Waals surface area contributed by atoms with Crippen molar-refractivity contribution >= 4 is 17.0 Å². The second kappa shape index (κ2) is 4.88. The standard InChI is InChI=1S/C10H7FN2O3S/c11-7-1-2-9(13(14)15)10(3-7)16-5-8-4-12-6-17-8/h1-4,6H,5H2. The smallest absolute Gasteiger partial charge is 0.311 e. The minimum Gasteiger partial charge on any atom is -0.481 e. The Kier molecular flexibility index (Phi) is 3.29. The first-order valence-corrected chi connectivity index (χ1v) is 5.49. The van der Waals surface area contributed by atoms with Gasteiger partial charge < -0.3 is 4.74 Å². The summed E-state index contributed by atoms with van der Waals surface area (Å²) < 4.78 is 18.2. The summed E-state index contributed by atoms with van der Waals surface area (Å²) in [5, 5.41) is 10.7. The fraction of sp³-hybridized carbons (Fsp3) is 0.100. The van der Waals surface area contributed by atoms with Crippen LogP contribution in [0.1, 0.15) is 4.88 Å². The van der Waals surface area contributed by atoms with E-state index in [0.717, 1.165) is 23.1 Å². The van der Waals surface area contributed by atoms with Gasteiger partial charge in [-0.25, -0.2) is 4.39 Å². The molecule has 0 fully saturated rings. The third kappa shape index (κ3) is 2.76. The first-order chi connectivity index (χ1) is 8.16. The second-order valence-corrected chi connectivity index (χ2v) is 4.10. The molecule has 1 heterocycles. The van der Waals surface area contributed by atoms with Gasteiger partial charge in [-0.2, -0.15) is 0 Å². The van der Waals surface area contributed by atoms with Crippen molar-refractivity contribution < 1.29 is 14.1 Å². The summed E-state index contributed by atoms with van der Waals surface area (Å²) in [6.45, 7) is 0.134. The summed E-state index contributed by atoms with van der Waals surface area (Å²) in [5.74, 6) is -0.654. The largest absolute Gasteiger partial charge is 0.481 e. The summed E-state index contributed by atoms with van der Waals surface area (Å²) >= 11 is 1.36. The van der Waals surface area contributed by atoms with Crippen LogP contribution in [0, 0.1) is 15.9 Å². The molecule has 88 valence electrons. The van der Waals surface area contributed by atoms with E-state index in [-0.39, 0.29) is 18.0 Å². The van der Waals surface area contributed by atoms with Gasteiger partial charge in [0.15, 0.2) is 5.75 Å². The molecule has 0 aliphatic heterocycles. The van der Waals surface area contributed by atoms with Crippen molar-refractivity contribution in [3.63, 3.8) is 0 Å². The minimum atomic E-state index is -0.610. The Hall–Kier alpha value is -2.02. The Morgan fingerprint density at radius 1 is 1.53 bits per heavy atom. The van der Waals surface area contributed by atoms with Gasteiger partial charge in [0.2, 0.25) is 0 Å². The van der Waals surface area contributed by atoms with Crippen LogP contribution in [0.15, 0.2) is 29.9 Å². The van der Waals surface area contributed by atoms with Gasteiger partial charge in [0.1, 0.15) is 12.4 Å². The maximum absolute atomic E-state index is 13.0. The van der Waals surface area contributed by atoms with Crippen LogP contribution in [-0.2, 0) is 6.61 Å². The number of rotatable bonds is 4. The molecule has 1 aromatic carbocycles. The Morgan fingerprint density at radius 2 is 2.35 bits per heavy atom. The average molecular weight is 254 g/mol. The number of thiazole rings is 1. The van der Waals surface area contributed by atoms with E-state index in [0.29, 0.717) is 0 Å². The lowest BCUT2D eigenvalue weighted by atomic mass is 10.3. The highest BCUT2D eigenvalue weighted by molar-refractivity contribution is 7.09. The van der Waals surface area contributed by atoms with E-state index in [1.54, 1.807) is 11.7 Å². The molecular weight excluding hydrogens is 247 g/mol. The summed E-state index contributed by atoms with van der Waals surface area (Å²) in [6.07, 6.45) is 1.59. The highest BCUT2D eigenvalue weighted by Gasteiger charge is 2.16. The summed E-state index contributed by atoms with van der Waals surface area (Å²) in [5.41, 5.74) is 1.37. The van der Waals surface area contributed by atoms with Crippen LogP contribution in [0.4, 0.5) is 10.1 Å². The van der Waals surface area contributed by atoms with Crippen LogP contribution in [0.5, 0.6) is 5.75 Å². The molecule has 0 saturated carbocycles. The van der Waals surface area contributed by atoms with E-state index in [2.05, 4.69) is 4.98 Å². The molecule has 0 bridgehead atoms. The highest BCUT2D eigenvalue weighted by atomic mass is 32.1. The van der Waals surface area contributed by atoms with Crippen LogP contribution < -0.4 is 4.74 Å². The molecule has 0 amide bonds. The summed E-state index contributed by atoms with van der Waals surface area (Å²) in [6, 6.07) is 3.11. The lowest BCUT2D eigenvalue weighted by Crippen LogP contribution is -1.98. The van der Waals surface area contributed by atoms with Crippen LogP contribution in [0.3, 0.4) is 0 Å². The molecule has 1 aromatic heterocycles. The van der Waals surface area contributed by atoms with Crippen molar-refractivity contribution in [2.45, 2.75) is 6.61 Å². The second-order valence-electron chi connectivity index (χ2n) is 3.13. The van der Waals surface area contributed by atoms with Crippen molar-refractivity contribution in [1.82, 2.24) is 4.98 Å². The normalized spacial score (nSPS) is 10.2. The number of ether oxygens (including phenoxy) is 1. The van der Waals surface area contributed by atoms with Crippen LogP contribution in [0.25, 0.3) is 0 Å².